The van der Waals surface area contributed by atoms with E-state index in [-0.39, 0.29) is 6.10 Å². The van der Waals surface area contributed by atoms with Crippen LogP contribution in [-0.2, 0) is 0 Å². The normalized spacial score (nSPS) is 11.8. The van der Waals surface area contributed by atoms with Gasteiger partial charge in [0.2, 0.25) is 0 Å². The second-order valence-electron chi connectivity index (χ2n) is 5.19. The van der Waals surface area contributed by atoms with Crippen molar-refractivity contribution in [2.24, 2.45) is 0 Å². The maximum absolute atomic E-state index is 6.13. The van der Waals surface area contributed by atoms with Crippen LogP contribution < -0.4 is 14.8 Å². The van der Waals surface area contributed by atoms with Crippen LogP contribution in [0.3, 0.4) is 0 Å². The largest absolute Gasteiger partial charge is 0.495 e. The van der Waals surface area contributed by atoms with Gasteiger partial charge in [-0.15, -0.1) is 0 Å². The lowest BCUT2D eigenvalue weighted by Gasteiger charge is -2.19. The van der Waals surface area contributed by atoms with Crippen LogP contribution in [0.4, 0.5) is 5.69 Å². The van der Waals surface area contributed by atoms with Gasteiger partial charge in [-0.1, -0.05) is 36.2 Å². The minimum atomic E-state index is 0.101. The molecule has 22 heavy (non-hydrogen) atoms. The number of nitrogens with one attached hydrogen (secondary N) is 1. The molecular weight excluding hydrogens is 298 g/mol. The van der Waals surface area contributed by atoms with Gasteiger partial charge in [0.05, 0.1) is 18.7 Å². The number of hydrogen-bond donors (Lipinski definition) is 1. The van der Waals surface area contributed by atoms with Crippen molar-refractivity contribution < 1.29 is 9.47 Å². The monoisotopic (exact) mass is 319 g/mol. The van der Waals surface area contributed by atoms with Gasteiger partial charge in [-0.2, -0.15) is 0 Å². The Morgan fingerprint density at radius 3 is 2.45 bits per heavy atom. The van der Waals surface area contributed by atoms with E-state index in [9.17, 15) is 0 Å². The van der Waals surface area contributed by atoms with Crippen molar-refractivity contribution in [1.82, 2.24) is 0 Å². The first-order chi connectivity index (χ1) is 10.6. The highest BCUT2D eigenvalue weighted by Crippen LogP contribution is 2.27. The van der Waals surface area contributed by atoms with Crippen molar-refractivity contribution in [2.45, 2.75) is 26.4 Å². The molecule has 1 N–H and O–H groups in total. The van der Waals surface area contributed by atoms with Crippen molar-refractivity contribution >= 4 is 17.3 Å². The minimum absolute atomic E-state index is 0.101. The number of methoxy groups -OCH3 is 1. The molecule has 2 aromatic carbocycles. The predicted molar refractivity (Wildman–Crippen MR) is 92.4 cm³/mol. The van der Waals surface area contributed by atoms with Crippen molar-refractivity contribution in [3.63, 3.8) is 0 Å². The molecule has 0 amide bonds. The molecule has 0 fully saturated rings. The Kier molecular flexibility index (Phi) is 5.96. The zero-order valence-electron chi connectivity index (χ0n) is 13.2. The molecule has 0 aromatic heterocycles. The highest BCUT2D eigenvalue weighted by atomic mass is 35.5. The van der Waals surface area contributed by atoms with Crippen LogP contribution in [-0.4, -0.2) is 19.8 Å². The maximum Gasteiger partial charge on any atom is 0.137 e. The van der Waals surface area contributed by atoms with Crippen LogP contribution in [0, 0.1) is 6.92 Å². The molecule has 0 aliphatic rings. The van der Waals surface area contributed by atoms with E-state index < -0.39 is 0 Å². The lowest BCUT2D eigenvalue weighted by Crippen LogP contribution is -2.25. The fraction of sp³-hybridized carbons (Fsp3) is 0.333. The van der Waals surface area contributed by atoms with E-state index in [0.717, 1.165) is 17.9 Å². The Morgan fingerprint density at radius 2 is 1.86 bits per heavy atom. The van der Waals surface area contributed by atoms with Crippen molar-refractivity contribution in [3.8, 4) is 11.5 Å². The van der Waals surface area contributed by atoms with Crippen LogP contribution in [0.25, 0.3) is 0 Å². The molecule has 2 aromatic rings. The molecule has 0 spiro atoms. The highest BCUT2D eigenvalue weighted by Gasteiger charge is 2.09. The molecule has 0 radical (unpaired) electrons. The van der Waals surface area contributed by atoms with E-state index in [1.54, 1.807) is 7.11 Å². The summed E-state index contributed by atoms with van der Waals surface area (Å²) in [5.74, 6) is 1.57. The van der Waals surface area contributed by atoms with Gasteiger partial charge in [0, 0.05) is 5.69 Å². The molecule has 118 valence electrons. The quantitative estimate of drug-likeness (QED) is 0.785. The Bertz CT molecular complexity index is 599. The third-order valence-electron chi connectivity index (χ3n) is 3.46. The summed E-state index contributed by atoms with van der Waals surface area (Å²) in [4.78, 5) is 0. The SMILES string of the molecule is CCC(CNc1ccc(OC)c(Cl)c1)Oc1ccc(C)cc1. The molecule has 2 rings (SSSR count). The first kappa shape index (κ1) is 16.5. The molecule has 0 saturated heterocycles. The summed E-state index contributed by atoms with van der Waals surface area (Å²) in [6, 6.07) is 13.8. The Morgan fingerprint density at radius 1 is 1.14 bits per heavy atom. The molecule has 0 bridgehead atoms. The molecule has 0 aliphatic carbocycles. The summed E-state index contributed by atoms with van der Waals surface area (Å²) >= 11 is 6.13. The van der Waals surface area contributed by atoms with Crippen molar-refractivity contribution in [2.75, 3.05) is 19.0 Å². The summed E-state index contributed by atoms with van der Waals surface area (Å²) < 4.78 is 11.1. The van der Waals surface area contributed by atoms with Crippen LogP contribution in [0.15, 0.2) is 42.5 Å². The third-order valence-corrected chi connectivity index (χ3v) is 3.76. The maximum atomic E-state index is 6.13. The van der Waals surface area contributed by atoms with Gasteiger partial charge in [-0.3, -0.25) is 0 Å². The number of aryl methyl sites for hydroxylation is 1. The van der Waals surface area contributed by atoms with Crippen LogP contribution in [0.5, 0.6) is 11.5 Å². The van der Waals surface area contributed by atoms with E-state index in [1.807, 2.05) is 30.3 Å². The van der Waals surface area contributed by atoms with Gasteiger partial charge in [0.15, 0.2) is 0 Å². The second kappa shape index (κ2) is 7.95. The molecule has 0 saturated carbocycles. The number of benzene rings is 2. The third kappa shape index (κ3) is 4.57. The first-order valence-electron chi connectivity index (χ1n) is 7.43. The Balaban J connectivity index is 1.93. The van der Waals surface area contributed by atoms with Gasteiger partial charge < -0.3 is 14.8 Å². The summed E-state index contributed by atoms with van der Waals surface area (Å²) in [6.45, 7) is 4.89. The summed E-state index contributed by atoms with van der Waals surface area (Å²) in [5, 5.41) is 3.95. The summed E-state index contributed by atoms with van der Waals surface area (Å²) in [7, 11) is 1.61. The average Bonchev–Trinajstić information content (AvgIpc) is 2.53. The average molecular weight is 320 g/mol. The van der Waals surface area contributed by atoms with Gasteiger partial charge in [0.1, 0.15) is 17.6 Å². The number of ether oxygens (including phenoxy) is 2. The molecule has 0 aliphatic heterocycles. The van der Waals surface area contributed by atoms with Gasteiger partial charge >= 0.3 is 0 Å². The van der Waals surface area contributed by atoms with Gasteiger partial charge in [-0.05, 0) is 43.7 Å². The fourth-order valence-electron chi connectivity index (χ4n) is 2.09. The topological polar surface area (TPSA) is 30.5 Å². The van der Waals surface area contributed by atoms with E-state index in [1.165, 1.54) is 5.56 Å². The van der Waals surface area contributed by atoms with Crippen molar-refractivity contribution in [3.05, 3.63) is 53.1 Å². The van der Waals surface area contributed by atoms with Crippen molar-refractivity contribution in [1.29, 1.82) is 0 Å². The number of halogens is 1. The van der Waals surface area contributed by atoms with Gasteiger partial charge in [-0.25, -0.2) is 0 Å². The van der Waals surface area contributed by atoms with E-state index in [0.29, 0.717) is 17.3 Å². The number of rotatable bonds is 7. The standard InChI is InChI=1S/C18H22ClNO2/c1-4-15(22-16-8-5-13(2)6-9-16)12-20-14-7-10-18(21-3)17(19)11-14/h5-11,15,20H,4,12H2,1-3H3. The number of anilines is 1. The van der Waals surface area contributed by atoms with E-state index in [4.69, 9.17) is 21.1 Å². The Hall–Kier alpha value is -1.87. The highest BCUT2D eigenvalue weighted by molar-refractivity contribution is 6.32. The predicted octanol–water partition coefficient (Wildman–Crippen LogP) is 4.93. The van der Waals surface area contributed by atoms with Gasteiger partial charge in [0.25, 0.3) is 0 Å². The summed E-state index contributed by atoms with van der Waals surface area (Å²) in [6.07, 6.45) is 1.02. The fourth-order valence-corrected chi connectivity index (χ4v) is 2.34. The molecule has 4 heteroatoms. The number of hydrogen-bond acceptors (Lipinski definition) is 3. The molecule has 1 atom stereocenters. The molecule has 3 nitrogen and oxygen atoms in total. The minimum Gasteiger partial charge on any atom is -0.495 e. The first-order valence-corrected chi connectivity index (χ1v) is 7.81. The second-order valence-corrected chi connectivity index (χ2v) is 5.60. The summed E-state index contributed by atoms with van der Waals surface area (Å²) in [5.41, 5.74) is 2.18. The Labute approximate surface area is 137 Å². The zero-order valence-corrected chi connectivity index (χ0v) is 14.0. The van der Waals surface area contributed by atoms with Crippen LogP contribution in [0.1, 0.15) is 18.9 Å². The van der Waals surface area contributed by atoms with E-state index >= 15 is 0 Å². The lowest BCUT2D eigenvalue weighted by molar-refractivity contribution is 0.210. The van der Waals surface area contributed by atoms with E-state index in [2.05, 4.69) is 31.3 Å². The molecular formula is C18H22ClNO2. The van der Waals surface area contributed by atoms with Crippen LogP contribution >= 0.6 is 11.6 Å². The van der Waals surface area contributed by atoms with Crippen LogP contribution in [0.2, 0.25) is 5.02 Å². The molecule has 0 heterocycles. The zero-order chi connectivity index (χ0) is 15.9. The molecule has 1 unspecified atom stereocenters. The smallest absolute Gasteiger partial charge is 0.137 e. The lowest BCUT2D eigenvalue weighted by atomic mass is 10.2.